The number of hydrogen-bond acceptors (Lipinski definition) is 4. The van der Waals surface area contributed by atoms with Gasteiger partial charge in [-0.1, -0.05) is 42.5 Å². The third kappa shape index (κ3) is 2.19. The second kappa shape index (κ2) is 5.01. The molecule has 0 amide bonds. The van der Waals surface area contributed by atoms with Gasteiger partial charge >= 0.3 is 0 Å². The standard InChI is InChI=1S/C16H13N3O/c17-13-7-3-4-8-14(13)18-19-15-10-9-11-5-1-2-6-12(11)16(15)20/h1-10,20H,17H2/b19-18+. The molecule has 0 atom stereocenters. The number of hydrogen-bond donors (Lipinski definition) is 2. The van der Waals surface area contributed by atoms with Gasteiger partial charge in [0.25, 0.3) is 0 Å². The number of rotatable bonds is 2. The number of benzene rings is 3. The van der Waals surface area contributed by atoms with Crippen LogP contribution in [0.5, 0.6) is 5.75 Å². The molecule has 3 aromatic carbocycles. The third-order valence-electron chi connectivity index (χ3n) is 3.08. The van der Waals surface area contributed by atoms with Crippen LogP contribution in [-0.2, 0) is 0 Å². The van der Waals surface area contributed by atoms with E-state index >= 15 is 0 Å². The molecule has 0 aliphatic carbocycles. The first kappa shape index (κ1) is 12.2. The van der Waals surface area contributed by atoms with E-state index < -0.39 is 0 Å². The maximum atomic E-state index is 10.2. The smallest absolute Gasteiger partial charge is 0.150 e. The lowest BCUT2D eigenvalue weighted by atomic mass is 10.1. The number of nitrogen functional groups attached to an aromatic ring is 1. The van der Waals surface area contributed by atoms with E-state index in [9.17, 15) is 5.11 Å². The van der Waals surface area contributed by atoms with Crippen LogP contribution in [0.25, 0.3) is 10.8 Å². The van der Waals surface area contributed by atoms with E-state index in [4.69, 9.17) is 5.73 Å². The number of para-hydroxylation sites is 1. The normalized spacial score (nSPS) is 11.2. The molecule has 4 heteroatoms. The van der Waals surface area contributed by atoms with Crippen LogP contribution in [0.3, 0.4) is 0 Å². The zero-order valence-corrected chi connectivity index (χ0v) is 10.7. The summed E-state index contributed by atoms with van der Waals surface area (Å²) in [7, 11) is 0. The summed E-state index contributed by atoms with van der Waals surface area (Å²) in [5, 5.41) is 20.1. The zero-order valence-electron chi connectivity index (χ0n) is 10.7. The molecular weight excluding hydrogens is 250 g/mol. The van der Waals surface area contributed by atoms with Gasteiger partial charge in [-0.05, 0) is 23.6 Å². The van der Waals surface area contributed by atoms with Crippen LogP contribution >= 0.6 is 0 Å². The van der Waals surface area contributed by atoms with E-state index in [1.54, 1.807) is 18.2 Å². The molecule has 0 radical (unpaired) electrons. The predicted molar refractivity (Wildman–Crippen MR) is 80.6 cm³/mol. The van der Waals surface area contributed by atoms with Crippen LogP contribution in [0.2, 0.25) is 0 Å². The minimum Gasteiger partial charge on any atom is -0.505 e. The van der Waals surface area contributed by atoms with Crippen LogP contribution < -0.4 is 5.73 Å². The third-order valence-corrected chi connectivity index (χ3v) is 3.08. The number of anilines is 1. The fourth-order valence-corrected chi connectivity index (χ4v) is 2.01. The van der Waals surface area contributed by atoms with Gasteiger partial charge in [0.15, 0.2) is 5.75 Å². The highest BCUT2D eigenvalue weighted by molar-refractivity contribution is 5.92. The SMILES string of the molecule is Nc1ccccc1/N=N/c1ccc2ccccc2c1O. The quantitative estimate of drug-likeness (QED) is 0.526. The summed E-state index contributed by atoms with van der Waals surface area (Å²) in [5.74, 6) is 0.126. The largest absolute Gasteiger partial charge is 0.505 e. The number of azo groups is 1. The Morgan fingerprint density at radius 2 is 1.45 bits per heavy atom. The van der Waals surface area contributed by atoms with Crippen LogP contribution in [-0.4, -0.2) is 5.11 Å². The van der Waals surface area contributed by atoms with E-state index in [0.717, 1.165) is 10.8 Å². The fraction of sp³-hybridized carbons (Fsp3) is 0. The summed E-state index contributed by atoms with van der Waals surface area (Å²) < 4.78 is 0. The van der Waals surface area contributed by atoms with Gasteiger partial charge in [-0.25, -0.2) is 0 Å². The maximum absolute atomic E-state index is 10.2. The molecule has 4 nitrogen and oxygen atoms in total. The molecular formula is C16H13N3O. The van der Waals surface area contributed by atoms with Gasteiger partial charge in [-0.15, -0.1) is 10.2 Å². The van der Waals surface area contributed by atoms with Crippen LogP contribution in [0.4, 0.5) is 17.1 Å². The van der Waals surface area contributed by atoms with E-state index in [0.29, 0.717) is 17.1 Å². The van der Waals surface area contributed by atoms with E-state index in [1.165, 1.54) is 0 Å². The second-order valence-electron chi connectivity index (χ2n) is 4.41. The highest BCUT2D eigenvalue weighted by Crippen LogP contribution is 2.35. The number of phenols is 1. The van der Waals surface area contributed by atoms with Crippen molar-refractivity contribution in [2.45, 2.75) is 0 Å². The molecule has 3 aromatic rings. The van der Waals surface area contributed by atoms with Gasteiger partial charge in [-0.2, -0.15) is 0 Å². The lowest BCUT2D eigenvalue weighted by Gasteiger charge is -2.03. The molecule has 0 heterocycles. The molecule has 0 saturated carbocycles. The molecule has 0 aliphatic heterocycles. The minimum absolute atomic E-state index is 0.126. The minimum atomic E-state index is 0.126. The van der Waals surface area contributed by atoms with Crippen molar-refractivity contribution in [2.75, 3.05) is 5.73 Å². The Balaban J connectivity index is 2.03. The number of nitrogens with zero attached hydrogens (tertiary/aromatic N) is 2. The van der Waals surface area contributed by atoms with Gasteiger partial charge < -0.3 is 10.8 Å². The topological polar surface area (TPSA) is 71.0 Å². The highest BCUT2D eigenvalue weighted by atomic mass is 16.3. The lowest BCUT2D eigenvalue weighted by molar-refractivity contribution is 0.482. The Kier molecular flexibility index (Phi) is 3.05. The summed E-state index contributed by atoms with van der Waals surface area (Å²) in [6.07, 6.45) is 0. The first-order chi connectivity index (χ1) is 9.75. The van der Waals surface area contributed by atoms with Crippen molar-refractivity contribution in [2.24, 2.45) is 10.2 Å². The summed E-state index contributed by atoms with van der Waals surface area (Å²) in [4.78, 5) is 0. The Labute approximate surface area is 116 Å². The molecule has 0 unspecified atom stereocenters. The number of phenolic OH excluding ortho intramolecular Hbond substituents is 1. The Morgan fingerprint density at radius 1 is 0.750 bits per heavy atom. The first-order valence-corrected chi connectivity index (χ1v) is 6.22. The molecule has 0 spiro atoms. The van der Waals surface area contributed by atoms with Gasteiger partial charge in [0.2, 0.25) is 0 Å². The predicted octanol–water partition coefficient (Wildman–Crippen LogP) is 4.54. The summed E-state index contributed by atoms with van der Waals surface area (Å²) in [6.45, 7) is 0. The molecule has 0 aliphatic rings. The van der Waals surface area contributed by atoms with E-state index in [1.807, 2.05) is 42.5 Å². The van der Waals surface area contributed by atoms with Gasteiger partial charge in [0.1, 0.15) is 11.4 Å². The Morgan fingerprint density at radius 3 is 2.30 bits per heavy atom. The monoisotopic (exact) mass is 263 g/mol. The number of aromatic hydroxyl groups is 1. The van der Waals surface area contributed by atoms with Crippen molar-refractivity contribution in [3.8, 4) is 5.75 Å². The summed E-state index contributed by atoms with van der Waals surface area (Å²) >= 11 is 0. The van der Waals surface area contributed by atoms with Gasteiger partial charge in [0, 0.05) is 5.39 Å². The maximum Gasteiger partial charge on any atom is 0.150 e. The molecule has 3 rings (SSSR count). The van der Waals surface area contributed by atoms with Crippen LogP contribution in [0, 0.1) is 0 Å². The molecule has 0 bridgehead atoms. The van der Waals surface area contributed by atoms with Crippen molar-refractivity contribution in [1.29, 1.82) is 0 Å². The van der Waals surface area contributed by atoms with Crippen molar-refractivity contribution >= 4 is 27.8 Å². The summed E-state index contributed by atoms with van der Waals surface area (Å²) in [6, 6.07) is 18.4. The van der Waals surface area contributed by atoms with Crippen LogP contribution in [0.1, 0.15) is 0 Å². The molecule has 0 saturated heterocycles. The van der Waals surface area contributed by atoms with Gasteiger partial charge in [0.05, 0.1) is 5.69 Å². The molecule has 20 heavy (non-hydrogen) atoms. The first-order valence-electron chi connectivity index (χ1n) is 6.22. The van der Waals surface area contributed by atoms with Crippen molar-refractivity contribution in [3.63, 3.8) is 0 Å². The Hall–Kier alpha value is -2.88. The zero-order chi connectivity index (χ0) is 13.9. The Bertz CT molecular complexity index is 797. The molecule has 3 N–H and O–H groups in total. The van der Waals surface area contributed by atoms with Crippen molar-refractivity contribution in [3.05, 3.63) is 60.7 Å². The number of nitrogens with two attached hydrogens (primary N) is 1. The molecule has 0 fully saturated rings. The van der Waals surface area contributed by atoms with Crippen LogP contribution in [0.15, 0.2) is 70.9 Å². The summed E-state index contributed by atoms with van der Waals surface area (Å²) in [5.41, 5.74) is 7.36. The molecule has 98 valence electrons. The molecule has 0 aromatic heterocycles. The second-order valence-corrected chi connectivity index (χ2v) is 4.41. The lowest BCUT2D eigenvalue weighted by Crippen LogP contribution is -1.82. The highest BCUT2D eigenvalue weighted by Gasteiger charge is 2.05. The number of fused-ring (bicyclic) bond motifs is 1. The average molecular weight is 263 g/mol. The average Bonchev–Trinajstić information content (AvgIpc) is 2.48. The van der Waals surface area contributed by atoms with Crippen molar-refractivity contribution in [1.82, 2.24) is 0 Å². The van der Waals surface area contributed by atoms with Gasteiger partial charge in [-0.3, -0.25) is 0 Å². The fourth-order valence-electron chi connectivity index (χ4n) is 2.01. The van der Waals surface area contributed by atoms with Crippen molar-refractivity contribution < 1.29 is 5.11 Å². The van der Waals surface area contributed by atoms with E-state index in [-0.39, 0.29) is 5.75 Å². The van der Waals surface area contributed by atoms with E-state index in [2.05, 4.69) is 10.2 Å².